The molecule has 2 heterocycles. The van der Waals surface area contributed by atoms with Crippen LogP contribution in [0.5, 0.6) is 0 Å². The topological polar surface area (TPSA) is 76.4 Å². The molecule has 0 radical (unpaired) electrons. The number of nitrogens with zero attached hydrogens (tertiary/aromatic N) is 3. The first-order valence-corrected chi connectivity index (χ1v) is 11.8. The fourth-order valence-corrected chi connectivity index (χ4v) is 5.46. The number of hydrogen-bond acceptors (Lipinski definition) is 5. The van der Waals surface area contributed by atoms with Crippen molar-refractivity contribution in [1.29, 1.82) is 0 Å². The third-order valence-electron chi connectivity index (χ3n) is 4.99. The molecular weight excluding hydrogens is 423 g/mol. The molecule has 0 aliphatic heterocycles. The highest BCUT2D eigenvalue weighted by Crippen LogP contribution is 2.22. The quantitative estimate of drug-likeness (QED) is 0.487. The summed E-state index contributed by atoms with van der Waals surface area (Å²) in [5.41, 5.74) is 4.16. The van der Waals surface area contributed by atoms with Gasteiger partial charge in [-0.3, -0.25) is 0 Å². The Kier molecular flexibility index (Phi) is 5.44. The van der Waals surface area contributed by atoms with Crippen molar-refractivity contribution in [3.8, 4) is 11.4 Å². The van der Waals surface area contributed by atoms with Crippen molar-refractivity contribution in [2.24, 2.45) is 0 Å². The molecule has 0 atom stereocenters. The first-order chi connectivity index (χ1) is 14.2. The van der Waals surface area contributed by atoms with E-state index >= 15 is 0 Å². The maximum atomic E-state index is 13.5. The molecule has 9 heteroatoms. The van der Waals surface area contributed by atoms with Crippen molar-refractivity contribution in [3.05, 3.63) is 70.0 Å². The van der Waals surface area contributed by atoms with E-state index in [1.807, 2.05) is 25.3 Å². The molecule has 0 amide bonds. The maximum Gasteiger partial charge on any atom is 0.240 e. The molecule has 0 aliphatic carbocycles. The van der Waals surface area contributed by atoms with E-state index in [9.17, 15) is 12.8 Å². The molecule has 0 saturated carbocycles. The molecule has 0 bridgehead atoms. The summed E-state index contributed by atoms with van der Waals surface area (Å²) in [6, 6.07) is 9.72. The molecule has 4 aromatic rings. The highest BCUT2D eigenvalue weighted by Gasteiger charge is 2.18. The highest BCUT2D eigenvalue weighted by molar-refractivity contribution is 7.89. The SMILES string of the molecule is Cc1cc(C)c(S(=O)(=O)NCCc2csc3nc(-c4cccc(F)c4)nn23)cc1C. The smallest absolute Gasteiger partial charge is 0.211 e. The monoisotopic (exact) mass is 444 g/mol. The third-order valence-corrected chi connectivity index (χ3v) is 7.45. The lowest BCUT2D eigenvalue weighted by Gasteiger charge is -2.11. The van der Waals surface area contributed by atoms with E-state index < -0.39 is 10.0 Å². The molecule has 0 saturated heterocycles. The van der Waals surface area contributed by atoms with Crippen LogP contribution in [0.1, 0.15) is 22.4 Å². The number of aryl methyl sites for hydroxylation is 3. The molecule has 0 unspecified atom stereocenters. The van der Waals surface area contributed by atoms with Gasteiger partial charge in [-0.25, -0.2) is 22.0 Å². The van der Waals surface area contributed by atoms with Gasteiger partial charge in [0, 0.05) is 23.9 Å². The number of rotatable bonds is 6. The van der Waals surface area contributed by atoms with Gasteiger partial charge in [0.15, 0.2) is 5.82 Å². The van der Waals surface area contributed by atoms with Gasteiger partial charge in [0.25, 0.3) is 0 Å². The molecule has 2 aromatic carbocycles. The van der Waals surface area contributed by atoms with Crippen LogP contribution in [-0.2, 0) is 16.4 Å². The van der Waals surface area contributed by atoms with Crippen LogP contribution < -0.4 is 4.72 Å². The summed E-state index contributed by atoms with van der Waals surface area (Å²) in [7, 11) is -3.61. The average Bonchev–Trinajstić information content (AvgIpc) is 3.26. The normalized spacial score (nSPS) is 12.0. The Balaban J connectivity index is 1.51. The predicted octanol–water partition coefficient (Wildman–Crippen LogP) is 4.04. The van der Waals surface area contributed by atoms with Crippen LogP contribution in [0, 0.1) is 26.6 Å². The fourth-order valence-electron chi connectivity index (χ4n) is 3.26. The maximum absolute atomic E-state index is 13.5. The minimum Gasteiger partial charge on any atom is -0.211 e. The number of fused-ring (bicyclic) bond motifs is 1. The zero-order chi connectivity index (χ0) is 21.5. The molecule has 4 rings (SSSR count). The Morgan fingerprint density at radius 3 is 2.63 bits per heavy atom. The van der Waals surface area contributed by atoms with Crippen LogP contribution in [0.3, 0.4) is 0 Å². The van der Waals surface area contributed by atoms with Gasteiger partial charge in [0.2, 0.25) is 15.0 Å². The van der Waals surface area contributed by atoms with Crippen molar-refractivity contribution in [2.75, 3.05) is 6.54 Å². The Hall–Kier alpha value is -2.62. The first kappa shape index (κ1) is 20.6. The molecule has 156 valence electrons. The predicted molar refractivity (Wildman–Crippen MR) is 116 cm³/mol. The van der Waals surface area contributed by atoms with Crippen LogP contribution >= 0.6 is 11.3 Å². The van der Waals surface area contributed by atoms with Crippen molar-refractivity contribution in [1.82, 2.24) is 19.3 Å². The number of nitrogens with one attached hydrogen (secondary N) is 1. The number of sulfonamides is 1. The van der Waals surface area contributed by atoms with Gasteiger partial charge in [-0.2, -0.15) is 4.98 Å². The second-order valence-corrected chi connectivity index (χ2v) is 9.79. The zero-order valence-electron chi connectivity index (χ0n) is 16.8. The van der Waals surface area contributed by atoms with E-state index in [1.54, 1.807) is 29.6 Å². The first-order valence-electron chi connectivity index (χ1n) is 9.41. The minimum absolute atomic E-state index is 0.232. The Bertz CT molecular complexity index is 1340. The Labute approximate surface area is 178 Å². The number of thiazole rings is 1. The average molecular weight is 445 g/mol. The molecule has 0 spiro atoms. The number of benzene rings is 2. The zero-order valence-corrected chi connectivity index (χ0v) is 18.4. The lowest BCUT2D eigenvalue weighted by molar-refractivity contribution is 0.580. The van der Waals surface area contributed by atoms with Crippen LogP contribution in [-0.4, -0.2) is 29.6 Å². The number of hydrogen-bond donors (Lipinski definition) is 1. The van der Waals surface area contributed by atoms with Crippen molar-refractivity contribution in [2.45, 2.75) is 32.1 Å². The summed E-state index contributed by atoms with van der Waals surface area (Å²) >= 11 is 1.41. The summed E-state index contributed by atoms with van der Waals surface area (Å²) in [5.74, 6) is 0.0934. The Morgan fingerprint density at radius 2 is 1.87 bits per heavy atom. The second-order valence-electron chi connectivity index (χ2n) is 7.22. The van der Waals surface area contributed by atoms with Crippen LogP contribution in [0.2, 0.25) is 0 Å². The third kappa shape index (κ3) is 4.00. The van der Waals surface area contributed by atoms with E-state index in [0.717, 1.165) is 22.4 Å². The van der Waals surface area contributed by atoms with Crippen molar-refractivity contribution in [3.63, 3.8) is 0 Å². The van der Waals surface area contributed by atoms with Gasteiger partial charge in [0.05, 0.1) is 10.6 Å². The van der Waals surface area contributed by atoms with E-state index in [0.29, 0.717) is 27.7 Å². The largest absolute Gasteiger partial charge is 0.240 e. The molecule has 0 aliphatic rings. The van der Waals surface area contributed by atoms with Gasteiger partial charge in [-0.1, -0.05) is 18.2 Å². The Morgan fingerprint density at radius 1 is 1.10 bits per heavy atom. The van der Waals surface area contributed by atoms with Crippen LogP contribution in [0.4, 0.5) is 4.39 Å². The van der Waals surface area contributed by atoms with E-state index in [4.69, 9.17) is 0 Å². The van der Waals surface area contributed by atoms with E-state index in [-0.39, 0.29) is 12.4 Å². The lowest BCUT2D eigenvalue weighted by Crippen LogP contribution is -2.27. The molecule has 6 nitrogen and oxygen atoms in total. The molecule has 30 heavy (non-hydrogen) atoms. The van der Waals surface area contributed by atoms with Crippen molar-refractivity contribution < 1.29 is 12.8 Å². The van der Waals surface area contributed by atoms with Crippen LogP contribution in [0.15, 0.2) is 46.7 Å². The minimum atomic E-state index is -3.61. The standard InChI is InChI=1S/C21H21FN4O2S2/c1-13-9-15(3)19(10-14(13)2)30(27,28)23-8-7-18-12-29-21-24-20(25-26(18)21)16-5-4-6-17(22)11-16/h4-6,9-12,23H,7-8H2,1-3H3. The van der Waals surface area contributed by atoms with Gasteiger partial charge < -0.3 is 0 Å². The van der Waals surface area contributed by atoms with Crippen LogP contribution in [0.25, 0.3) is 16.3 Å². The summed E-state index contributed by atoms with van der Waals surface area (Å²) in [4.78, 5) is 5.42. The number of aromatic nitrogens is 3. The molecule has 1 N–H and O–H groups in total. The van der Waals surface area contributed by atoms with E-state index in [2.05, 4.69) is 14.8 Å². The van der Waals surface area contributed by atoms with Gasteiger partial charge in [0.1, 0.15) is 5.82 Å². The highest BCUT2D eigenvalue weighted by atomic mass is 32.2. The van der Waals surface area contributed by atoms with Gasteiger partial charge in [-0.15, -0.1) is 16.4 Å². The molecule has 0 fully saturated rings. The summed E-state index contributed by atoms with van der Waals surface area (Å²) in [6.07, 6.45) is 0.453. The molecule has 2 aromatic heterocycles. The summed E-state index contributed by atoms with van der Waals surface area (Å²) in [6.45, 7) is 5.89. The van der Waals surface area contributed by atoms with Gasteiger partial charge in [-0.05, 0) is 55.7 Å². The molecular formula is C21H21FN4O2S2. The fraction of sp³-hybridized carbons (Fsp3) is 0.238. The van der Waals surface area contributed by atoms with E-state index in [1.165, 1.54) is 23.5 Å². The summed E-state index contributed by atoms with van der Waals surface area (Å²) in [5, 5.41) is 6.37. The number of halogens is 1. The van der Waals surface area contributed by atoms with Gasteiger partial charge >= 0.3 is 0 Å². The second kappa shape index (κ2) is 7.90. The lowest BCUT2D eigenvalue weighted by atomic mass is 10.1. The van der Waals surface area contributed by atoms with Crippen molar-refractivity contribution >= 4 is 26.3 Å². The summed E-state index contributed by atoms with van der Waals surface area (Å²) < 4.78 is 43.3.